The van der Waals surface area contributed by atoms with Gasteiger partial charge in [0.25, 0.3) is 5.91 Å². The molecule has 2 aromatic heterocycles. The zero-order valence-corrected chi connectivity index (χ0v) is 12.2. The van der Waals surface area contributed by atoms with Crippen LogP contribution in [-0.2, 0) is 13.5 Å². The molecule has 6 heteroatoms. The first-order chi connectivity index (χ1) is 9.53. The predicted molar refractivity (Wildman–Crippen MR) is 79.1 cm³/mol. The van der Waals surface area contributed by atoms with E-state index in [1.807, 2.05) is 27.0 Å². The molecule has 6 nitrogen and oxygen atoms in total. The van der Waals surface area contributed by atoms with Gasteiger partial charge >= 0.3 is 0 Å². The lowest BCUT2D eigenvalue weighted by molar-refractivity contribution is 0.102. The molecule has 0 saturated carbocycles. The second-order valence-corrected chi connectivity index (χ2v) is 4.59. The summed E-state index contributed by atoms with van der Waals surface area (Å²) in [6.45, 7) is 3.87. The van der Waals surface area contributed by atoms with E-state index in [2.05, 4.69) is 20.7 Å². The Hall–Kier alpha value is -2.37. The highest BCUT2D eigenvalue weighted by atomic mass is 16.1. The number of aromatic nitrogens is 3. The van der Waals surface area contributed by atoms with Crippen molar-refractivity contribution in [3.05, 3.63) is 35.3 Å². The summed E-state index contributed by atoms with van der Waals surface area (Å²) in [4.78, 5) is 16.7. The van der Waals surface area contributed by atoms with E-state index in [1.165, 1.54) is 0 Å². The molecule has 0 spiro atoms. The summed E-state index contributed by atoms with van der Waals surface area (Å²) in [7, 11) is 3.61. The smallest absolute Gasteiger partial charge is 0.255 e. The summed E-state index contributed by atoms with van der Waals surface area (Å²) in [6, 6.07) is 3.54. The van der Waals surface area contributed by atoms with Gasteiger partial charge in [-0.1, -0.05) is 6.92 Å². The summed E-state index contributed by atoms with van der Waals surface area (Å²) in [5, 5.41) is 10.0. The van der Waals surface area contributed by atoms with Crippen LogP contribution in [0.15, 0.2) is 18.3 Å². The summed E-state index contributed by atoms with van der Waals surface area (Å²) in [5.74, 6) is 0.534. The number of hydrogen-bond donors (Lipinski definition) is 2. The maximum atomic E-state index is 12.3. The molecule has 0 aliphatic carbocycles. The Kier molecular flexibility index (Phi) is 4.02. The van der Waals surface area contributed by atoms with E-state index in [1.54, 1.807) is 24.0 Å². The fraction of sp³-hybridized carbons (Fsp3) is 0.357. The Labute approximate surface area is 118 Å². The maximum Gasteiger partial charge on any atom is 0.255 e. The second kappa shape index (κ2) is 5.73. The van der Waals surface area contributed by atoms with Crippen molar-refractivity contribution in [3.8, 4) is 0 Å². The molecule has 2 heterocycles. The Morgan fingerprint density at radius 3 is 2.70 bits per heavy atom. The van der Waals surface area contributed by atoms with Crippen LogP contribution in [0, 0.1) is 6.92 Å². The van der Waals surface area contributed by atoms with Gasteiger partial charge in [0.1, 0.15) is 5.82 Å². The fourth-order valence-electron chi connectivity index (χ4n) is 1.94. The van der Waals surface area contributed by atoms with Gasteiger partial charge in [0.15, 0.2) is 0 Å². The van der Waals surface area contributed by atoms with Crippen molar-refractivity contribution in [3.63, 3.8) is 0 Å². The first-order valence-corrected chi connectivity index (χ1v) is 6.53. The van der Waals surface area contributed by atoms with Gasteiger partial charge in [0, 0.05) is 31.5 Å². The Morgan fingerprint density at radius 1 is 1.40 bits per heavy atom. The molecule has 0 aliphatic rings. The van der Waals surface area contributed by atoms with Crippen molar-refractivity contribution in [2.24, 2.45) is 7.05 Å². The molecule has 2 aromatic rings. The van der Waals surface area contributed by atoms with Crippen molar-refractivity contribution < 1.29 is 4.79 Å². The number of hydrogen-bond acceptors (Lipinski definition) is 4. The molecular formula is C14H19N5O. The zero-order valence-electron chi connectivity index (χ0n) is 12.2. The third kappa shape index (κ3) is 2.96. The molecule has 0 fully saturated rings. The standard InChI is InChI=1S/C14H19N5O/c1-5-11-6-10(7-13(15-3)16-11)14(20)17-12-8-19(4)18-9(12)2/h6-8H,5H2,1-4H3,(H,15,16)(H,17,20). The number of nitrogens with zero attached hydrogens (tertiary/aromatic N) is 3. The molecule has 0 bridgehead atoms. The summed E-state index contributed by atoms with van der Waals surface area (Å²) < 4.78 is 1.67. The molecule has 0 aromatic carbocycles. The van der Waals surface area contributed by atoms with E-state index in [0.29, 0.717) is 11.4 Å². The number of aryl methyl sites for hydroxylation is 3. The van der Waals surface area contributed by atoms with Crippen LogP contribution in [-0.4, -0.2) is 27.7 Å². The van der Waals surface area contributed by atoms with E-state index in [4.69, 9.17) is 0 Å². The van der Waals surface area contributed by atoms with Crippen LogP contribution in [0.1, 0.15) is 28.7 Å². The molecule has 2 rings (SSSR count). The lowest BCUT2D eigenvalue weighted by atomic mass is 10.1. The number of rotatable bonds is 4. The van der Waals surface area contributed by atoms with Gasteiger partial charge in [-0.2, -0.15) is 5.10 Å². The molecule has 0 radical (unpaired) electrons. The zero-order chi connectivity index (χ0) is 14.7. The van der Waals surface area contributed by atoms with Gasteiger partial charge in [0.05, 0.1) is 11.4 Å². The van der Waals surface area contributed by atoms with E-state index in [-0.39, 0.29) is 5.91 Å². The average molecular weight is 273 g/mol. The molecule has 106 valence electrons. The third-order valence-electron chi connectivity index (χ3n) is 3.02. The summed E-state index contributed by atoms with van der Waals surface area (Å²) in [5.41, 5.74) is 2.98. The number of anilines is 2. The predicted octanol–water partition coefficient (Wildman–Crippen LogP) is 1.98. The van der Waals surface area contributed by atoms with Gasteiger partial charge < -0.3 is 10.6 Å². The van der Waals surface area contributed by atoms with Crippen molar-refractivity contribution in [2.45, 2.75) is 20.3 Å². The van der Waals surface area contributed by atoms with Crippen molar-refractivity contribution >= 4 is 17.4 Å². The van der Waals surface area contributed by atoms with Crippen molar-refractivity contribution in [1.29, 1.82) is 0 Å². The second-order valence-electron chi connectivity index (χ2n) is 4.59. The van der Waals surface area contributed by atoms with Crippen molar-refractivity contribution in [2.75, 3.05) is 17.7 Å². The molecular weight excluding hydrogens is 254 g/mol. The molecule has 2 N–H and O–H groups in total. The van der Waals surface area contributed by atoms with Gasteiger partial charge in [0.2, 0.25) is 0 Å². The minimum Gasteiger partial charge on any atom is -0.373 e. The van der Waals surface area contributed by atoms with Crippen LogP contribution in [0.2, 0.25) is 0 Å². The van der Waals surface area contributed by atoms with E-state index in [9.17, 15) is 4.79 Å². The van der Waals surface area contributed by atoms with Crippen molar-refractivity contribution in [1.82, 2.24) is 14.8 Å². The number of nitrogens with one attached hydrogen (secondary N) is 2. The van der Waals surface area contributed by atoms with Gasteiger partial charge in [-0.05, 0) is 25.5 Å². The maximum absolute atomic E-state index is 12.3. The molecule has 20 heavy (non-hydrogen) atoms. The first-order valence-electron chi connectivity index (χ1n) is 6.53. The molecule has 0 atom stereocenters. The number of carbonyl (C=O) groups excluding carboxylic acids is 1. The number of carbonyl (C=O) groups is 1. The van der Waals surface area contributed by atoms with Gasteiger partial charge in [-0.15, -0.1) is 0 Å². The van der Waals surface area contributed by atoms with Crippen LogP contribution >= 0.6 is 0 Å². The minimum absolute atomic E-state index is 0.158. The monoisotopic (exact) mass is 273 g/mol. The first kappa shape index (κ1) is 14.0. The topological polar surface area (TPSA) is 71.8 Å². The van der Waals surface area contributed by atoms with Crippen LogP contribution in [0.3, 0.4) is 0 Å². The lowest BCUT2D eigenvalue weighted by Gasteiger charge is -2.08. The highest BCUT2D eigenvalue weighted by Crippen LogP contribution is 2.16. The molecule has 0 unspecified atom stereocenters. The molecule has 0 aliphatic heterocycles. The van der Waals surface area contributed by atoms with E-state index in [0.717, 1.165) is 23.5 Å². The van der Waals surface area contributed by atoms with Crippen LogP contribution < -0.4 is 10.6 Å². The SMILES string of the molecule is CCc1cc(C(=O)Nc2cn(C)nc2C)cc(NC)n1. The normalized spacial score (nSPS) is 10.4. The largest absolute Gasteiger partial charge is 0.373 e. The fourth-order valence-corrected chi connectivity index (χ4v) is 1.94. The van der Waals surface area contributed by atoms with E-state index < -0.39 is 0 Å². The van der Waals surface area contributed by atoms with Crippen LogP contribution in [0.4, 0.5) is 11.5 Å². The number of amides is 1. The Bertz CT molecular complexity index is 610. The Morgan fingerprint density at radius 2 is 2.15 bits per heavy atom. The number of pyridine rings is 1. The van der Waals surface area contributed by atoms with Gasteiger partial charge in [-0.25, -0.2) is 4.98 Å². The van der Waals surface area contributed by atoms with Crippen LogP contribution in [0.5, 0.6) is 0 Å². The average Bonchev–Trinajstić information content (AvgIpc) is 2.76. The van der Waals surface area contributed by atoms with Crippen LogP contribution in [0.25, 0.3) is 0 Å². The Balaban J connectivity index is 2.26. The van der Waals surface area contributed by atoms with E-state index >= 15 is 0 Å². The highest BCUT2D eigenvalue weighted by molar-refractivity contribution is 6.05. The molecule has 1 amide bonds. The minimum atomic E-state index is -0.158. The molecule has 0 saturated heterocycles. The quantitative estimate of drug-likeness (QED) is 0.893. The summed E-state index contributed by atoms with van der Waals surface area (Å²) in [6.07, 6.45) is 2.57. The van der Waals surface area contributed by atoms with Gasteiger partial charge in [-0.3, -0.25) is 9.48 Å². The third-order valence-corrected chi connectivity index (χ3v) is 3.02. The summed E-state index contributed by atoms with van der Waals surface area (Å²) >= 11 is 0. The lowest BCUT2D eigenvalue weighted by Crippen LogP contribution is -2.13. The highest BCUT2D eigenvalue weighted by Gasteiger charge is 2.12.